The summed E-state index contributed by atoms with van der Waals surface area (Å²) in [6.45, 7) is 5.80. The lowest BCUT2D eigenvalue weighted by Crippen LogP contribution is -2.52. The van der Waals surface area contributed by atoms with Crippen molar-refractivity contribution in [2.75, 3.05) is 16.8 Å². The first-order chi connectivity index (χ1) is 12.9. The molecule has 27 heavy (non-hydrogen) atoms. The van der Waals surface area contributed by atoms with Crippen LogP contribution in [0.3, 0.4) is 0 Å². The molecule has 0 saturated carbocycles. The van der Waals surface area contributed by atoms with E-state index >= 15 is 0 Å². The molecule has 1 heterocycles. The standard InChI is InChI=1S/C20H21ClN2O4/c1-4-26-16-8-6-15(7-9-16)22-19(24)12(2)23-17-11-14(21)5-10-18(17)27-13(3)20(23)25/h5-13H,4H2,1-3H3,(H,22,24). The van der Waals surface area contributed by atoms with Gasteiger partial charge in [0.1, 0.15) is 17.5 Å². The lowest BCUT2D eigenvalue weighted by Gasteiger charge is -2.36. The lowest BCUT2D eigenvalue weighted by atomic mass is 10.1. The van der Waals surface area contributed by atoms with E-state index in [9.17, 15) is 9.59 Å². The molecule has 2 amide bonds. The number of nitrogens with one attached hydrogen (secondary N) is 1. The molecule has 2 aromatic carbocycles. The van der Waals surface area contributed by atoms with Crippen LogP contribution in [-0.4, -0.2) is 30.6 Å². The summed E-state index contributed by atoms with van der Waals surface area (Å²) in [6, 6.07) is 11.3. The molecule has 7 heteroatoms. The molecule has 1 N–H and O–H groups in total. The molecule has 0 aromatic heterocycles. The van der Waals surface area contributed by atoms with E-state index in [0.717, 1.165) is 5.75 Å². The minimum atomic E-state index is -0.743. The summed E-state index contributed by atoms with van der Waals surface area (Å²) < 4.78 is 11.0. The number of amides is 2. The Hall–Kier alpha value is -2.73. The van der Waals surface area contributed by atoms with Gasteiger partial charge in [0.2, 0.25) is 5.91 Å². The van der Waals surface area contributed by atoms with Crippen molar-refractivity contribution in [1.82, 2.24) is 0 Å². The van der Waals surface area contributed by atoms with Crippen LogP contribution in [0, 0.1) is 0 Å². The average molecular weight is 389 g/mol. The molecule has 0 radical (unpaired) electrons. The molecule has 1 aliphatic rings. The predicted octanol–water partition coefficient (Wildman–Crippen LogP) is 3.88. The number of ether oxygens (including phenoxy) is 2. The number of halogens is 1. The highest BCUT2D eigenvalue weighted by Gasteiger charge is 2.37. The van der Waals surface area contributed by atoms with Gasteiger partial charge in [-0.25, -0.2) is 0 Å². The van der Waals surface area contributed by atoms with Gasteiger partial charge in [-0.3, -0.25) is 14.5 Å². The van der Waals surface area contributed by atoms with Crippen LogP contribution in [0.25, 0.3) is 0 Å². The van der Waals surface area contributed by atoms with E-state index in [2.05, 4.69) is 5.32 Å². The molecule has 2 unspecified atom stereocenters. The van der Waals surface area contributed by atoms with E-state index in [1.807, 2.05) is 6.92 Å². The topological polar surface area (TPSA) is 67.9 Å². The molecule has 3 rings (SSSR count). The van der Waals surface area contributed by atoms with E-state index < -0.39 is 12.1 Å². The summed E-state index contributed by atoms with van der Waals surface area (Å²) in [5, 5.41) is 3.29. The van der Waals surface area contributed by atoms with Crippen LogP contribution in [0.2, 0.25) is 5.02 Å². The third kappa shape index (κ3) is 4.01. The number of nitrogens with zero attached hydrogens (tertiary/aromatic N) is 1. The van der Waals surface area contributed by atoms with Crippen LogP contribution in [0.15, 0.2) is 42.5 Å². The van der Waals surface area contributed by atoms with Crippen LogP contribution < -0.4 is 19.7 Å². The van der Waals surface area contributed by atoms with Crippen LogP contribution in [-0.2, 0) is 9.59 Å². The van der Waals surface area contributed by atoms with Crippen LogP contribution in [0.4, 0.5) is 11.4 Å². The van der Waals surface area contributed by atoms with Crippen molar-refractivity contribution >= 4 is 34.8 Å². The predicted molar refractivity (Wildman–Crippen MR) is 105 cm³/mol. The molecule has 0 aliphatic carbocycles. The van der Waals surface area contributed by atoms with Gasteiger partial charge >= 0.3 is 0 Å². The molecule has 1 aliphatic heterocycles. The summed E-state index contributed by atoms with van der Waals surface area (Å²) >= 11 is 6.07. The maximum absolute atomic E-state index is 12.8. The number of hydrogen-bond donors (Lipinski definition) is 1. The maximum atomic E-state index is 12.8. The van der Waals surface area contributed by atoms with Gasteiger partial charge in [0.15, 0.2) is 6.10 Å². The molecular formula is C20H21ClN2O4. The molecular weight excluding hydrogens is 368 g/mol. The minimum absolute atomic E-state index is 0.292. The zero-order valence-electron chi connectivity index (χ0n) is 15.4. The van der Waals surface area contributed by atoms with Gasteiger partial charge < -0.3 is 14.8 Å². The molecule has 0 spiro atoms. The molecule has 0 bridgehead atoms. The average Bonchev–Trinajstić information content (AvgIpc) is 2.64. The first kappa shape index (κ1) is 19.0. The van der Waals surface area contributed by atoms with Crippen molar-refractivity contribution in [2.24, 2.45) is 0 Å². The Labute approximate surface area is 163 Å². The molecule has 2 aromatic rings. The minimum Gasteiger partial charge on any atom is -0.494 e. The van der Waals surface area contributed by atoms with Gasteiger partial charge in [0.05, 0.1) is 12.3 Å². The van der Waals surface area contributed by atoms with Crippen LogP contribution >= 0.6 is 11.6 Å². The van der Waals surface area contributed by atoms with Crippen molar-refractivity contribution in [3.05, 3.63) is 47.5 Å². The van der Waals surface area contributed by atoms with Gasteiger partial charge in [0.25, 0.3) is 5.91 Å². The highest BCUT2D eigenvalue weighted by atomic mass is 35.5. The zero-order chi connectivity index (χ0) is 19.6. The van der Waals surface area contributed by atoms with E-state index in [4.69, 9.17) is 21.1 Å². The van der Waals surface area contributed by atoms with Gasteiger partial charge in [-0.15, -0.1) is 0 Å². The maximum Gasteiger partial charge on any atom is 0.268 e. The fraction of sp³-hybridized carbons (Fsp3) is 0.300. The van der Waals surface area contributed by atoms with Crippen LogP contribution in [0.1, 0.15) is 20.8 Å². The number of carbonyl (C=O) groups is 2. The monoisotopic (exact) mass is 388 g/mol. The number of anilines is 2. The fourth-order valence-corrected chi connectivity index (χ4v) is 3.06. The highest BCUT2D eigenvalue weighted by Crippen LogP contribution is 2.37. The van der Waals surface area contributed by atoms with Gasteiger partial charge in [-0.05, 0) is 63.2 Å². The van der Waals surface area contributed by atoms with Gasteiger partial charge in [-0.2, -0.15) is 0 Å². The van der Waals surface area contributed by atoms with Crippen LogP contribution in [0.5, 0.6) is 11.5 Å². The highest BCUT2D eigenvalue weighted by molar-refractivity contribution is 6.31. The Kier molecular flexibility index (Phi) is 5.56. The van der Waals surface area contributed by atoms with Crippen molar-refractivity contribution in [2.45, 2.75) is 32.9 Å². The third-order valence-electron chi connectivity index (χ3n) is 4.27. The normalized spacial score (nSPS) is 17.0. The van der Waals surface area contributed by atoms with Gasteiger partial charge in [-0.1, -0.05) is 11.6 Å². The second-order valence-corrected chi connectivity index (χ2v) is 6.64. The summed E-state index contributed by atoms with van der Waals surface area (Å²) in [5.41, 5.74) is 1.11. The van der Waals surface area contributed by atoms with Crippen molar-refractivity contribution in [3.8, 4) is 11.5 Å². The summed E-state index contributed by atoms with van der Waals surface area (Å²) in [6.07, 6.45) is -0.681. The Morgan fingerprint density at radius 2 is 2.00 bits per heavy atom. The molecule has 6 nitrogen and oxygen atoms in total. The Morgan fingerprint density at radius 1 is 1.30 bits per heavy atom. The Balaban J connectivity index is 1.81. The zero-order valence-corrected chi connectivity index (χ0v) is 16.1. The van der Waals surface area contributed by atoms with Crippen molar-refractivity contribution < 1.29 is 19.1 Å². The largest absolute Gasteiger partial charge is 0.494 e. The van der Waals surface area contributed by atoms with Crippen molar-refractivity contribution in [1.29, 1.82) is 0 Å². The van der Waals surface area contributed by atoms with E-state index in [1.165, 1.54) is 4.90 Å². The second kappa shape index (κ2) is 7.88. The number of rotatable bonds is 5. The summed E-state index contributed by atoms with van der Waals surface area (Å²) in [7, 11) is 0. The Bertz CT molecular complexity index is 854. The molecule has 0 saturated heterocycles. The quantitative estimate of drug-likeness (QED) is 0.844. The second-order valence-electron chi connectivity index (χ2n) is 6.20. The summed E-state index contributed by atoms with van der Waals surface area (Å²) in [4.78, 5) is 26.9. The SMILES string of the molecule is CCOc1ccc(NC(=O)C(C)N2C(=O)C(C)Oc3ccc(Cl)cc32)cc1. The van der Waals surface area contributed by atoms with Crippen molar-refractivity contribution in [3.63, 3.8) is 0 Å². The molecule has 142 valence electrons. The number of fused-ring (bicyclic) bond motifs is 1. The van der Waals surface area contributed by atoms with E-state index in [1.54, 1.807) is 56.3 Å². The molecule has 0 fully saturated rings. The number of benzene rings is 2. The first-order valence-corrected chi connectivity index (χ1v) is 9.11. The first-order valence-electron chi connectivity index (χ1n) is 8.73. The lowest BCUT2D eigenvalue weighted by molar-refractivity contribution is -0.128. The number of hydrogen-bond acceptors (Lipinski definition) is 4. The third-order valence-corrected chi connectivity index (χ3v) is 4.50. The number of carbonyl (C=O) groups excluding carboxylic acids is 2. The molecule has 2 atom stereocenters. The summed E-state index contributed by atoms with van der Waals surface area (Å²) in [5.74, 6) is 0.642. The smallest absolute Gasteiger partial charge is 0.268 e. The fourth-order valence-electron chi connectivity index (χ4n) is 2.90. The Morgan fingerprint density at radius 3 is 2.67 bits per heavy atom. The van der Waals surface area contributed by atoms with E-state index in [-0.39, 0.29) is 11.8 Å². The van der Waals surface area contributed by atoms with E-state index in [0.29, 0.717) is 28.8 Å². The van der Waals surface area contributed by atoms with Gasteiger partial charge in [0, 0.05) is 10.7 Å².